The van der Waals surface area contributed by atoms with Crippen LogP contribution in [0.15, 0.2) is 39.6 Å². The number of rotatable bonds is 7. The lowest BCUT2D eigenvalue weighted by atomic mass is 9.95. The van der Waals surface area contributed by atoms with Crippen molar-refractivity contribution >= 4 is 28.1 Å². The van der Waals surface area contributed by atoms with Gasteiger partial charge in [0, 0.05) is 34.5 Å². The number of aromatic nitrogens is 5. The summed E-state index contributed by atoms with van der Waals surface area (Å²) < 4.78 is 14.8. The highest BCUT2D eigenvalue weighted by molar-refractivity contribution is 7.98. The molecule has 0 aliphatic heterocycles. The van der Waals surface area contributed by atoms with E-state index >= 15 is 0 Å². The normalized spacial score (nSPS) is 14.6. The zero-order valence-corrected chi connectivity index (χ0v) is 21.1. The number of hydrogen-bond donors (Lipinski definition) is 0. The number of nitrogens with zero attached hydrogens (tertiary/aromatic N) is 5. The Kier molecular flexibility index (Phi) is 6.60. The third kappa shape index (κ3) is 4.32. The smallest absolute Gasteiger partial charge is 0.258 e. The van der Waals surface area contributed by atoms with Crippen molar-refractivity contribution < 1.29 is 9.47 Å². The summed E-state index contributed by atoms with van der Waals surface area (Å²) in [5, 5.41) is 12.0. The predicted octanol–water partition coefficient (Wildman–Crippen LogP) is 5.14. The lowest BCUT2D eigenvalue weighted by Gasteiger charge is -2.25. The Morgan fingerprint density at radius 2 is 1.88 bits per heavy atom. The van der Waals surface area contributed by atoms with Crippen LogP contribution in [0.2, 0.25) is 0 Å². The number of thioether (sulfide) groups is 1. The van der Waals surface area contributed by atoms with Gasteiger partial charge in [-0.3, -0.25) is 13.8 Å². The molecule has 1 fully saturated rings. The first-order valence-electron chi connectivity index (χ1n) is 11.4. The van der Waals surface area contributed by atoms with Crippen molar-refractivity contribution in [2.24, 2.45) is 0 Å². The van der Waals surface area contributed by atoms with E-state index < -0.39 is 0 Å². The summed E-state index contributed by atoms with van der Waals surface area (Å²) in [4.78, 5) is 18.0. The van der Waals surface area contributed by atoms with Crippen LogP contribution in [0.4, 0.5) is 0 Å². The average molecular weight is 498 g/mol. The Morgan fingerprint density at radius 3 is 2.65 bits per heavy atom. The second-order valence-corrected chi connectivity index (χ2v) is 10.2. The molecule has 1 aliphatic carbocycles. The zero-order chi connectivity index (χ0) is 23.7. The molecule has 1 aliphatic rings. The lowest BCUT2D eigenvalue weighted by Crippen LogP contribution is -2.16. The molecule has 0 spiro atoms. The Morgan fingerprint density at radius 1 is 1.09 bits per heavy atom. The fraction of sp³-hybridized carbons (Fsp3) is 0.417. The summed E-state index contributed by atoms with van der Waals surface area (Å²) >= 11 is 3.06. The number of fused-ring (bicyclic) bond motifs is 1. The standard InChI is InChI=1S/C24H27N5O3S2/c1-15-13-33-23-25-17(12-21(30)28(15)23)14-34-24-27-26-22(29(24)18-7-5-4-6-8-18)16-9-10-19(31-2)20(11-16)32-3/h9-13,18H,4-8,14H2,1-3H3. The lowest BCUT2D eigenvalue weighted by molar-refractivity contribution is 0.339. The van der Waals surface area contributed by atoms with Crippen LogP contribution in [0.5, 0.6) is 11.5 Å². The van der Waals surface area contributed by atoms with Crippen LogP contribution in [0.3, 0.4) is 0 Å². The number of ether oxygens (including phenoxy) is 2. The van der Waals surface area contributed by atoms with Crippen molar-refractivity contribution in [1.29, 1.82) is 0 Å². The van der Waals surface area contributed by atoms with Crippen LogP contribution in [0, 0.1) is 6.92 Å². The summed E-state index contributed by atoms with van der Waals surface area (Å²) in [5.41, 5.74) is 2.56. The molecule has 3 aromatic heterocycles. The molecule has 0 radical (unpaired) electrons. The number of hydrogen-bond acceptors (Lipinski definition) is 8. The van der Waals surface area contributed by atoms with Crippen LogP contribution in [0.1, 0.15) is 49.5 Å². The molecule has 8 nitrogen and oxygen atoms in total. The van der Waals surface area contributed by atoms with Crippen molar-refractivity contribution in [1.82, 2.24) is 24.1 Å². The topological polar surface area (TPSA) is 83.5 Å². The van der Waals surface area contributed by atoms with Gasteiger partial charge in [0.1, 0.15) is 0 Å². The highest BCUT2D eigenvalue weighted by Gasteiger charge is 2.25. The van der Waals surface area contributed by atoms with Crippen LogP contribution in [-0.4, -0.2) is 38.4 Å². The number of benzene rings is 1. The molecular formula is C24H27N5O3S2. The van der Waals surface area contributed by atoms with Gasteiger partial charge in [-0.05, 0) is 38.0 Å². The minimum atomic E-state index is -0.0425. The largest absolute Gasteiger partial charge is 0.493 e. The molecule has 0 N–H and O–H groups in total. The Labute approximate surface area is 206 Å². The second-order valence-electron chi connectivity index (χ2n) is 8.41. The molecule has 0 bridgehead atoms. The zero-order valence-electron chi connectivity index (χ0n) is 19.5. The van der Waals surface area contributed by atoms with E-state index in [1.54, 1.807) is 36.4 Å². The molecule has 0 atom stereocenters. The van der Waals surface area contributed by atoms with E-state index in [1.807, 2.05) is 30.5 Å². The van der Waals surface area contributed by atoms with Gasteiger partial charge in [-0.1, -0.05) is 31.0 Å². The van der Waals surface area contributed by atoms with Gasteiger partial charge in [0.25, 0.3) is 5.56 Å². The van der Waals surface area contributed by atoms with Gasteiger partial charge in [-0.25, -0.2) is 4.98 Å². The van der Waals surface area contributed by atoms with E-state index in [9.17, 15) is 4.79 Å². The van der Waals surface area contributed by atoms with Crippen molar-refractivity contribution in [3.05, 3.63) is 51.4 Å². The minimum Gasteiger partial charge on any atom is -0.493 e. The van der Waals surface area contributed by atoms with Crippen LogP contribution >= 0.6 is 23.1 Å². The molecule has 178 valence electrons. The number of thiazole rings is 1. The molecule has 3 heterocycles. The molecule has 0 saturated heterocycles. The quantitative estimate of drug-likeness (QED) is 0.327. The Bertz CT molecular complexity index is 1370. The van der Waals surface area contributed by atoms with Gasteiger partial charge in [-0.2, -0.15) is 0 Å². The van der Waals surface area contributed by atoms with Crippen LogP contribution < -0.4 is 15.0 Å². The fourth-order valence-electron chi connectivity index (χ4n) is 4.53. The van der Waals surface area contributed by atoms with E-state index in [-0.39, 0.29) is 5.56 Å². The Hall–Kier alpha value is -2.85. The van der Waals surface area contributed by atoms with Gasteiger partial charge in [0.05, 0.1) is 19.9 Å². The Balaban J connectivity index is 1.49. The highest BCUT2D eigenvalue weighted by Crippen LogP contribution is 2.38. The molecule has 1 saturated carbocycles. The first-order chi connectivity index (χ1) is 16.6. The minimum absolute atomic E-state index is 0.0425. The van der Waals surface area contributed by atoms with E-state index in [4.69, 9.17) is 14.5 Å². The van der Waals surface area contributed by atoms with Crippen molar-refractivity contribution in [2.45, 2.75) is 56.0 Å². The van der Waals surface area contributed by atoms with Crippen molar-refractivity contribution in [2.75, 3.05) is 14.2 Å². The monoisotopic (exact) mass is 497 g/mol. The van der Waals surface area contributed by atoms with Crippen LogP contribution in [-0.2, 0) is 5.75 Å². The van der Waals surface area contributed by atoms with E-state index in [2.05, 4.69) is 14.8 Å². The summed E-state index contributed by atoms with van der Waals surface area (Å²) in [6.07, 6.45) is 5.87. The summed E-state index contributed by atoms with van der Waals surface area (Å²) in [5.74, 6) is 2.73. The summed E-state index contributed by atoms with van der Waals surface area (Å²) in [7, 11) is 3.27. The maximum atomic E-state index is 12.6. The molecule has 1 aromatic carbocycles. The third-order valence-corrected chi connectivity index (χ3v) is 8.14. The van der Waals surface area contributed by atoms with Crippen molar-refractivity contribution in [3.63, 3.8) is 0 Å². The highest BCUT2D eigenvalue weighted by atomic mass is 32.2. The third-order valence-electron chi connectivity index (χ3n) is 6.22. The van der Waals surface area contributed by atoms with Gasteiger partial charge in [-0.15, -0.1) is 21.5 Å². The first kappa shape index (κ1) is 22.9. The van der Waals surface area contributed by atoms with E-state index in [1.165, 1.54) is 30.6 Å². The van der Waals surface area contributed by atoms with Gasteiger partial charge < -0.3 is 9.47 Å². The molecule has 10 heteroatoms. The maximum absolute atomic E-state index is 12.6. The van der Waals surface area contributed by atoms with Crippen molar-refractivity contribution in [3.8, 4) is 22.9 Å². The number of aryl methyl sites for hydroxylation is 1. The molecule has 0 unspecified atom stereocenters. The molecule has 5 rings (SSSR count). The van der Waals surface area contributed by atoms with Gasteiger partial charge in [0.2, 0.25) is 0 Å². The van der Waals surface area contributed by atoms with E-state index in [0.717, 1.165) is 45.7 Å². The number of methoxy groups -OCH3 is 2. The first-order valence-corrected chi connectivity index (χ1v) is 13.2. The molecule has 34 heavy (non-hydrogen) atoms. The fourth-order valence-corrected chi connectivity index (χ4v) is 6.32. The van der Waals surface area contributed by atoms with Gasteiger partial charge in [0.15, 0.2) is 27.4 Å². The predicted molar refractivity (Wildman–Crippen MR) is 134 cm³/mol. The molecule has 0 amide bonds. The second kappa shape index (κ2) is 9.79. The molecular weight excluding hydrogens is 470 g/mol. The average Bonchev–Trinajstić information content (AvgIpc) is 3.46. The van der Waals surface area contributed by atoms with Gasteiger partial charge >= 0.3 is 0 Å². The SMILES string of the molecule is COc1ccc(-c2nnc(SCc3cc(=O)n4c(C)csc4n3)n2C2CCCCC2)cc1OC. The molecule has 4 aromatic rings. The van der Waals surface area contributed by atoms with Crippen LogP contribution in [0.25, 0.3) is 16.3 Å². The summed E-state index contributed by atoms with van der Waals surface area (Å²) in [6, 6.07) is 7.81. The van der Waals surface area contributed by atoms with E-state index in [0.29, 0.717) is 23.3 Å². The maximum Gasteiger partial charge on any atom is 0.258 e. The summed E-state index contributed by atoms with van der Waals surface area (Å²) in [6.45, 7) is 1.92.